The molecule has 100 valence electrons. The number of carbonyl (C=O) groups is 1. The van der Waals surface area contributed by atoms with Crippen LogP contribution in [0.25, 0.3) is 10.9 Å². The average molecular weight is 278 g/mol. The van der Waals surface area contributed by atoms with E-state index < -0.39 is 0 Å². The normalized spacial score (nSPS) is 16.0. The van der Waals surface area contributed by atoms with Gasteiger partial charge in [0, 0.05) is 37.3 Å². The van der Waals surface area contributed by atoms with Crippen molar-refractivity contribution in [1.82, 2.24) is 15.2 Å². The molecule has 0 unspecified atom stereocenters. The maximum absolute atomic E-state index is 12.6. The van der Waals surface area contributed by atoms with E-state index >= 15 is 0 Å². The van der Waals surface area contributed by atoms with Gasteiger partial charge in [-0.25, -0.2) is 0 Å². The summed E-state index contributed by atoms with van der Waals surface area (Å²) in [6.07, 6.45) is 0. The molecule has 1 saturated heterocycles. The molecule has 0 aliphatic carbocycles. The second-order valence-electron chi connectivity index (χ2n) is 4.83. The Labute approximate surface area is 116 Å². The van der Waals surface area contributed by atoms with E-state index in [2.05, 4.69) is 10.3 Å². The Bertz CT molecular complexity index is 629. The van der Waals surface area contributed by atoms with E-state index in [1.807, 2.05) is 30.0 Å². The van der Waals surface area contributed by atoms with Crippen LogP contribution in [0.1, 0.15) is 16.1 Å². The highest BCUT2D eigenvalue weighted by Crippen LogP contribution is 2.28. The van der Waals surface area contributed by atoms with E-state index in [9.17, 15) is 4.79 Å². The summed E-state index contributed by atoms with van der Waals surface area (Å²) in [7, 11) is 0. The fraction of sp³-hybridized carbons (Fsp3) is 0.357. The molecule has 4 nitrogen and oxygen atoms in total. The lowest BCUT2D eigenvalue weighted by molar-refractivity contribution is 0.0737. The first-order chi connectivity index (χ1) is 9.18. The Kier molecular flexibility index (Phi) is 3.21. The van der Waals surface area contributed by atoms with Crippen LogP contribution < -0.4 is 5.32 Å². The van der Waals surface area contributed by atoms with Crippen molar-refractivity contribution in [3.8, 4) is 0 Å². The number of fused-ring (bicyclic) bond motifs is 1. The number of carbonyl (C=O) groups excluding carboxylic acids is 1. The minimum atomic E-state index is 0.0903. The largest absolute Gasteiger partial charge is 0.357 e. The molecule has 3 rings (SSSR count). The maximum atomic E-state index is 12.6. The molecule has 1 fully saturated rings. The van der Waals surface area contributed by atoms with Crippen LogP contribution in [-0.4, -0.2) is 42.0 Å². The number of hydrogen-bond acceptors (Lipinski definition) is 2. The summed E-state index contributed by atoms with van der Waals surface area (Å²) in [5, 5.41) is 4.82. The number of nitrogens with one attached hydrogen (secondary N) is 2. The lowest BCUT2D eigenvalue weighted by Crippen LogP contribution is -2.46. The third-order valence-corrected chi connectivity index (χ3v) is 3.90. The molecule has 1 aliphatic rings. The zero-order valence-corrected chi connectivity index (χ0v) is 11.5. The van der Waals surface area contributed by atoms with E-state index in [1.165, 1.54) is 0 Å². The summed E-state index contributed by atoms with van der Waals surface area (Å²) in [5.74, 6) is 0.0903. The molecular formula is C14H16ClN3O. The molecule has 1 aromatic carbocycles. The number of piperazine rings is 1. The summed E-state index contributed by atoms with van der Waals surface area (Å²) in [6, 6.07) is 5.66. The second kappa shape index (κ2) is 4.87. The van der Waals surface area contributed by atoms with E-state index in [4.69, 9.17) is 11.6 Å². The highest BCUT2D eigenvalue weighted by Gasteiger charge is 2.23. The molecule has 1 aromatic heterocycles. The van der Waals surface area contributed by atoms with Gasteiger partial charge in [-0.05, 0) is 13.0 Å². The molecule has 2 aromatic rings. The van der Waals surface area contributed by atoms with Crippen LogP contribution in [0.15, 0.2) is 18.2 Å². The number of benzene rings is 1. The summed E-state index contributed by atoms with van der Waals surface area (Å²) in [6.45, 7) is 5.14. The van der Waals surface area contributed by atoms with Crippen molar-refractivity contribution in [3.05, 3.63) is 34.5 Å². The number of para-hydroxylation sites is 1. The van der Waals surface area contributed by atoms with Gasteiger partial charge in [0.05, 0.1) is 16.1 Å². The highest BCUT2D eigenvalue weighted by molar-refractivity contribution is 6.35. The second-order valence-corrected chi connectivity index (χ2v) is 5.24. The monoisotopic (exact) mass is 277 g/mol. The van der Waals surface area contributed by atoms with Gasteiger partial charge in [-0.3, -0.25) is 4.79 Å². The molecule has 0 radical (unpaired) electrons. The van der Waals surface area contributed by atoms with Crippen LogP contribution in [0.2, 0.25) is 5.02 Å². The van der Waals surface area contributed by atoms with E-state index in [0.29, 0.717) is 5.02 Å². The molecule has 0 atom stereocenters. The fourth-order valence-corrected chi connectivity index (χ4v) is 2.83. The minimum Gasteiger partial charge on any atom is -0.357 e. The van der Waals surface area contributed by atoms with Crippen LogP contribution >= 0.6 is 11.6 Å². The average Bonchev–Trinajstić information content (AvgIpc) is 2.77. The van der Waals surface area contributed by atoms with Crippen LogP contribution in [-0.2, 0) is 0 Å². The number of hydrogen-bond donors (Lipinski definition) is 2. The lowest BCUT2D eigenvalue weighted by atomic mass is 10.1. The topological polar surface area (TPSA) is 48.1 Å². The first-order valence-corrected chi connectivity index (χ1v) is 6.83. The molecule has 5 heteroatoms. The first kappa shape index (κ1) is 12.5. The third kappa shape index (κ3) is 2.11. The highest BCUT2D eigenvalue weighted by atomic mass is 35.5. The van der Waals surface area contributed by atoms with Crippen molar-refractivity contribution in [3.63, 3.8) is 0 Å². The van der Waals surface area contributed by atoms with Gasteiger partial charge in [-0.15, -0.1) is 0 Å². The molecule has 0 saturated carbocycles. The number of aryl methyl sites for hydroxylation is 1. The quantitative estimate of drug-likeness (QED) is 0.839. The number of nitrogens with zero attached hydrogens (tertiary/aromatic N) is 1. The van der Waals surface area contributed by atoms with Gasteiger partial charge in [-0.2, -0.15) is 0 Å². The van der Waals surface area contributed by atoms with E-state index in [1.54, 1.807) is 0 Å². The van der Waals surface area contributed by atoms with Crippen molar-refractivity contribution in [2.75, 3.05) is 26.2 Å². The molecule has 19 heavy (non-hydrogen) atoms. The number of rotatable bonds is 1. The predicted octanol–water partition coefficient (Wildman–Crippen LogP) is 2.18. The number of halogens is 1. The lowest BCUT2D eigenvalue weighted by Gasteiger charge is -2.27. The molecule has 2 N–H and O–H groups in total. The van der Waals surface area contributed by atoms with E-state index in [-0.39, 0.29) is 5.91 Å². The van der Waals surface area contributed by atoms with Crippen molar-refractivity contribution >= 4 is 28.4 Å². The standard InChI is InChI=1S/C14H16ClN3O/c1-9-12(14(19)18-7-5-16-6-8-18)10-3-2-4-11(15)13(10)17-9/h2-4,16-17H,5-8H2,1H3. The molecule has 1 amide bonds. The van der Waals surface area contributed by atoms with Crippen molar-refractivity contribution in [2.24, 2.45) is 0 Å². The Morgan fingerprint density at radius 3 is 2.79 bits per heavy atom. The van der Waals surface area contributed by atoms with Gasteiger partial charge in [0.1, 0.15) is 0 Å². The fourth-order valence-electron chi connectivity index (χ4n) is 2.61. The van der Waals surface area contributed by atoms with Gasteiger partial charge < -0.3 is 15.2 Å². The van der Waals surface area contributed by atoms with Gasteiger partial charge in [0.25, 0.3) is 5.91 Å². The number of H-pyrrole nitrogens is 1. The predicted molar refractivity (Wildman–Crippen MR) is 76.8 cm³/mol. The summed E-state index contributed by atoms with van der Waals surface area (Å²) >= 11 is 6.17. The molecule has 0 bridgehead atoms. The Morgan fingerprint density at radius 2 is 2.05 bits per heavy atom. The molecular weight excluding hydrogens is 262 g/mol. The zero-order chi connectivity index (χ0) is 13.4. The van der Waals surface area contributed by atoms with Gasteiger partial charge in [0.15, 0.2) is 0 Å². The molecule has 2 heterocycles. The maximum Gasteiger partial charge on any atom is 0.256 e. The van der Waals surface area contributed by atoms with Gasteiger partial charge >= 0.3 is 0 Å². The van der Waals surface area contributed by atoms with E-state index in [0.717, 1.165) is 48.3 Å². The number of amides is 1. The smallest absolute Gasteiger partial charge is 0.256 e. The molecule has 1 aliphatic heterocycles. The Balaban J connectivity index is 2.06. The SMILES string of the molecule is Cc1[nH]c2c(Cl)cccc2c1C(=O)N1CCNCC1. The van der Waals surface area contributed by atoms with Crippen molar-refractivity contribution in [1.29, 1.82) is 0 Å². The number of aromatic nitrogens is 1. The van der Waals surface area contributed by atoms with Crippen LogP contribution in [0, 0.1) is 6.92 Å². The molecule has 0 spiro atoms. The van der Waals surface area contributed by atoms with Gasteiger partial charge in [-0.1, -0.05) is 23.7 Å². The third-order valence-electron chi connectivity index (χ3n) is 3.59. The Morgan fingerprint density at radius 1 is 1.32 bits per heavy atom. The minimum absolute atomic E-state index is 0.0903. The first-order valence-electron chi connectivity index (χ1n) is 6.45. The summed E-state index contributed by atoms with van der Waals surface area (Å²) in [5.41, 5.74) is 2.48. The van der Waals surface area contributed by atoms with Crippen LogP contribution in [0.3, 0.4) is 0 Å². The van der Waals surface area contributed by atoms with Crippen LogP contribution in [0.5, 0.6) is 0 Å². The Hall–Kier alpha value is -1.52. The van der Waals surface area contributed by atoms with Gasteiger partial charge in [0.2, 0.25) is 0 Å². The summed E-state index contributed by atoms with van der Waals surface area (Å²) < 4.78 is 0. The van der Waals surface area contributed by atoms with Crippen molar-refractivity contribution in [2.45, 2.75) is 6.92 Å². The zero-order valence-electron chi connectivity index (χ0n) is 10.8. The summed E-state index contributed by atoms with van der Waals surface area (Å²) in [4.78, 5) is 17.8. The van der Waals surface area contributed by atoms with Crippen molar-refractivity contribution < 1.29 is 4.79 Å². The number of aromatic amines is 1. The van der Waals surface area contributed by atoms with Crippen LogP contribution in [0.4, 0.5) is 0 Å².